The van der Waals surface area contributed by atoms with Crippen LogP contribution >= 0.6 is 0 Å². The first-order valence-corrected chi connectivity index (χ1v) is 7.48. The van der Waals surface area contributed by atoms with Crippen molar-refractivity contribution >= 4 is 11.4 Å². The Morgan fingerprint density at radius 3 is 1.60 bits per heavy atom. The van der Waals surface area contributed by atoms with Crippen molar-refractivity contribution in [2.45, 2.75) is 12.8 Å². The average Bonchev–Trinajstić information content (AvgIpc) is 2.61. The Morgan fingerprint density at radius 1 is 0.800 bits per heavy atom. The van der Waals surface area contributed by atoms with Crippen molar-refractivity contribution in [3.8, 4) is 11.5 Å². The van der Waals surface area contributed by atoms with Gasteiger partial charge in [-0.3, -0.25) is 0 Å². The van der Waals surface area contributed by atoms with Gasteiger partial charge in [0.15, 0.2) is 0 Å². The van der Waals surface area contributed by atoms with Gasteiger partial charge in [-0.25, -0.2) is 0 Å². The molecule has 0 aliphatic carbocycles. The van der Waals surface area contributed by atoms with Gasteiger partial charge in [0.25, 0.3) is 0 Å². The van der Waals surface area contributed by atoms with Gasteiger partial charge in [0, 0.05) is 23.0 Å². The first-order valence-electron chi connectivity index (χ1n) is 7.48. The van der Waals surface area contributed by atoms with Crippen LogP contribution in [0.4, 0.5) is 11.4 Å². The summed E-state index contributed by atoms with van der Waals surface area (Å²) in [6.07, 6.45) is 0.610. The summed E-state index contributed by atoms with van der Waals surface area (Å²) >= 11 is 0. The van der Waals surface area contributed by atoms with E-state index in [1.807, 2.05) is 0 Å². The molecule has 2 aromatic rings. The van der Waals surface area contributed by atoms with Gasteiger partial charge >= 0.3 is 0 Å². The topological polar surface area (TPSA) is 147 Å². The highest BCUT2D eigenvalue weighted by Gasteiger charge is 2.13. The van der Waals surface area contributed by atoms with Crippen LogP contribution in [-0.4, -0.2) is 23.4 Å². The van der Waals surface area contributed by atoms with Crippen molar-refractivity contribution in [3.05, 3.63) is 68.4 Å². The molecule has 0 aliphatic rings. The van der Waals surface area contributed by atoms with E-state index in [9.17, 15) is 0 Å². The summed E-state index contributed by atoms with van der Waals surface area (Å²) in [6, 6.07) is 10.1. The van der Waals surface area contributed by atoms with Crippen LogP contribution < -0.4 is 4.74 Å². The zero-order chi connectivity index (χ0) is 18.1. The number of hydrogen-bond acceptors (Lipinski definition) is 5. The maximum absolute atomic E-state index is 9.15. The van der Waals surface area contributed by atoms with Crippen LogP contribution in [0.5, 0.6) is 11.5 Å². The summed E-state index contributed by atoms with van der Waals surface area (Å²) in [5.74, 6) is 0.554. The maximum atomic E-state index is 9.15. The van der Waals surface area contributed by atoms with E-state index in [1.165, 1.54) is 0 Å². The number of hydrogen-bond donors (Lipinski definition) is 2. The average molecular weight is 340 g/mol. The molecule has 0 bridgehead atoms. The molecular formula is C16H16N6O3. The van der Waals surface area contributed by atoms with Crippen LogP contribution in [-0.2, 0) is 12.8 Å². The molecule has 0 atom stereocenters. The number of benzene rings is 2. The Labute approximate surface area is 143 Å². The molecule has 0 saturated carbocycles. The molecule has 0 saturated heterocycles. The van der Waals surface area contributed by atoms with Gasteiger partial charge in [-0.15, -0.1) is 0 Å². The number of nitrogens with zero attached hydrogens (tertiary/aromatic N) is 6. The van der Waals surface area contributed by atoms with E-state index >= 15 is 0 Å². The van der Waals surface area contributed by atoms with E-state index in [1.54, 1.807) is 36.4 Å². The normalized spacial score (nSPS) is 9.84. The van der Waals surface area contributed by atoms with Gasteiger partial charge in [-0.1, -0.05) is 34.5 Å². The molecule has 0 aromatic heterocycles. The molecule has 128 valence electrons. The smallest absolute Gasteiger partial charge is 0.137 e. The first-order chi connectivity index (χ1) is 12.2. The SMILES string of the molecule is [N-]=[N+]=Nc1c(CCO)cccc1Oc1cccc(CCO)c1N=[N+]=[N-]. The molecule has 0 unspecified atom stereocenters. The maximum Gasteiger partial charge on any atom is 0.137 e. The molecule has 0 fully saturated rings. The highest BCUT2D eigenvalue weighted by molar-refractivity contribution is 5.63. The van der Waals surface area contributed by atoms with Crippen LogP contribution in [0, 0.1) is 0 Å². The van der Waals surface area contributed by atoms with Crippen molar-refractivity contribution in [1.29, 1.82) is 0 Å². The second-order valence-corrected chi connectivity index (χ2v) is 4.96. The fourth-order valence-corrected chi connectivity index (χ4v) is 2.38. The van der Waals surface area contributed by atoms with Gasteiger partial charge in [0.1, 0.15) is 11.5 Å². The van der Waals surface area contributed by atoms with Crippen LogP contribution in [0.2, 0.25) is 0 Å². The monoisotopic (exact) mass is 340 g/mol. The highest BCUT2D eigenvalue weighted by atomic mass is 16.5. The number of azide groups is 2. The summed E-state index contributed by atoms with van der Waals surface area (Å²) in [6.45, 7) is -0.208. The van der Waals surface area contributed by atoms with Crippen LogP contribution in [0.15, 0.2) is 46.6 Å². The zero-order valence-electron chi connectivity index (χ0n) is 13.3. The largest absolute Gasteiger partial charge is 0.456 e. The fourth-order valence-electron chi connectivity index (χ4n) is 2.38. The molecule has 2 N–H and O–H groups in total. The summed E-state index contributed by atoms with van der Waals surface area (Å²) in [5, 5.41) is 25.6. The molecule has 0 amide bonds. The summed E-state index contributed by atoms with van der Waals surface area (Å²) in [7, 11) is 0. The van der Waals surface area contributed by atoms with E-state index in [0.29, 0.717) is 24.0 Å². The lowest BCUT2D eigenvalue weighted by Crippen LogP contribution is -1.95. The third kappa shape index (κ3) is 4.41. The number of aliphatic hydroxyl groups excluding tert-OH is 2. The predicted molar refractivity (Wildman–Crippen MR) is 92.1 cm³/mol. The second kappa shape index (κ2) is 9.17. The minimum atomic E-state index is -0.104. The molecule has 9 nitrogen and oxygen atoms in total. The lowest BCUT2D eigenvalue weighted by molar-refractivity contribution is 0.299. The van der Waals surface area contributed by atoms with Crippen molar-refractivity contribution in [2.24, 2.45) is 10.2 Å². The van der Waals surface area contributed by atoms with Crippen LogP contribution in [0.3, 0.4) is 0 Å². The molecule has 0 spiro atoms. The first kappa shape index (κ1) is 18.1. The van der Waals surface area contributed by atoms with E-state index in [0.717, 1.165) is 0 Å². The zero-order valence-corrected chi connectivity index (χ0v) is 13.3. The predicted octanol–water partition coefficient (Wildman–Crippen LogP) is 4.43. The molecule has 0 aliphatic heterocycles. The molecular weight excluding hydrogens is 324 g/mol. The minimum absolute atomic E-state index is 0.104. The summed E-state index contributed by atoms with van der Waals surface area (Å²) < 4.78 is 5.83. The van der Waals surface area contributed by atoms with Crippen molar-refractivity contribution in [3.63, 3.8) is 0 Å². The van der Waals surface area contributed by atoms with Gasteiger partial charge in [0.05, 0.1) is 11.4 Å². The van der Waals surface area contributed by atoms with Crippen molar-refractivity contribution in [2.75, 3.05) is 13.2 Å². The van der Waals surface area contributed by atoms with Crippen molar-refractivity contribution in [1.82, 2.24) is 0 Å². The lowest BCUT2D eigenvalue weighted by Gasteiger charge is -2.14. The number of ether oxygens (including phenoxy) is 1. The Kier molecular flexibility index (Phi) is 6.65. The minimum Gasteiger partial charge on any atom is -0.456 e. The van der Waals surface area contributed by atoms with Gasteiger partial charge in [-0.2, -0.15) is 0 Å². The molecule has 2 aromatic carbocycles. The quantitative estimate of drug-likeness (QED) is 0.416. The fraction of sp³-hybridized carbons (Fsp3) is 0.250. The van der Waals surface area contributed by atoms with Gasteiger partial charge < -0.3 is 14.9 Å². The molecule has 2 rings (SSSR count). The highest BCUT2D eigenvalue weighted by Crippen LogP contribution is 2.40. The lowest BCUT2D eigenvalue weighted by atomic mass is 10.1. The Balaban J connectivity index is 2.53. The van der Waals surface area contributed by atoms with E-state index in [4.69, 9.17) is 26.0 Å². The third-order valence-corrected chi connectivity index (χ3v) is 3.44. The number of aliphatic hydroxyl groups is 2. The summed E-state index contributed by atoms with van der Waals surface area (Å²) in [5.41, 5.74) is 19.4. The van der Waals surface area contributed by atoms with Crippen LogP contribution in [0.1, 0.15) is 11.1 Å². The molecule has 0 heterocycles. The second-order valence-electron chi connectivity index (χ2n) is 4.96. The summed E-state index contributed by atoms with van der Waals surface area (Å²) in [4.78, 5) is 5.61. The molecule has 9 heteroatoms. The number of rotatable bonds is 8. The Morgan fingerprint density at radius 2 is 1.24 bits per heavy atom. The Hall–Kier alpha value is -3.22. The van der Waals surface area contributed by atoms with Gasteiger partial charge in [-0.05, 0) is 47.2 Å². The van der Waals surface area contributed by atoms with Crippen LogP contribution in [0.25, 0.3) is 20.9 Å². The Bertz CT molecular complexity index is 772. The van der Waals surface area contributed by atoms with Crippen molar-refractivity contribution < 1.29 is 14.9 Å². The molecule has 25 heavy (non-hydrogen) atoms. The van der Waals surface area contributed by atoms with E-state index in [2.05, 4.69) is 20.1 Å². The standard InChI is InChI=1S/C16H16N6O3/c17-21-19-15-11(7-9-23)3-1-5-13(15)25-14-6-2-4-12(8-10-24)16(14)20-22-18/h1-6,23-24H,7-10H2. The third-order valence-electron chi connectivity index (χ3n) is 3.44. The van der Waals surface area contributed by atoms with E-state index in [-0.39, 0.29) is 36.1 Å². The van der Waals surface area contributed by atoms with Gasteiger partial charge in [0.2, 0.25) is 0 Å². The van der Waals surface area contributed by atoms with E-state index < -0.39 is 0 Å². The molecule has 0 radical (unpaired) electrons.